The second-order valence-electron chi connectivity index (χ2n) is 30.5. The van der Waals surface area contributed by atoms with Gasteiger partial charge < -0.3 is 239 Å². The highest BCUT2D eigenvalue weighted by molar-refractivity contribution is 7.80. The highest BCUT2D eigenvalue weighted by Crippen LogP contribution is 2.42. The standard InChI is InChI=1S/C66H111N3O53S/c1-14-29(80)36(87)42(93)60(106-14)117-51-27(68-17(4)77)58(113-26(35(51)86)13-105-123(101,102)103)104-12-20(79)31(82)48(19(6-70)67-16(3)76)114-66-56(122-61-43(94)37(88)30(81)15(2)107-61)55(121-65-47(98)53(34(85)23(9-73)110-65)119-64-45(96)39(90)40(91)54(120-64)57(99)100)50(25(11-75)112-66)116-63-46(97)41(92)49(24(10-74)111-63)115-59-28(69-18(5)78)52(33(84)22(8-72)108-59)118-62-44(95)38(89)32(83)21(7-71)109-62/h14-15,19-56,58-66,70-75,79-98H,6-13H2,1-5H3,(H,67,76)(H,68,77)(H,69,78)(H,99,100)(H,101,102,103)/t14-,15-,19-,20+,21+,22+,23+,24+,25+,26+,27+,28+,29+,30+,31-,32-,33-,34-,35+,36+,37+,38-,39-,40-,41+,42-,43-,44+,45+,46+,47+,48+,49-,50-,51+,52+,53-,54-,55-,56+,58+,59+,60-,61-,62-,63-,64+,65-,66-/m0/s1. The number of carbonyl (C=O) groups excluding carboxylic acids is 3. The van der Waals surface area contributed by atoms with E-state index in [1.807, 2.05) is 0 Å². The number of ether oxygens (including phenoxy) is 18. The lowest BCUT2D eigenvalue weighted by Gasteiger charge is -2.52. The number of carbonyl (C=O) groups is 4. The van der Waals surface area contributed by atoms with E-state index in [9.17, 15) is 170 Å². The van der Waals surface area contributed by atoms with E-state index in [4.69, 9.17) is 85.3 Å². The van der Waals surface area contributed by atoms with Gasteiger partial charge in [-0.05, 0) is 13.8 Å². The van der Waals surface area contributed by atoms with Crippen LogP contribution in [-0.4, -0.2) is 528 Å². The van der Waals surface area contributed by atoms with Gasteiger partial charge in [0.25, 0.3) is 0 Å². The van der Waals surface area contributed by atoms with Crippen LogP contribution in [0.15, 0.2) is 0 Å². The van der Waals surface area contributed by atoms with Crippen LogP contribution in [0.4, 0.5) is 0 Å². The molecule has 0 saturated carbocycles. The average Bonchev–Trinajstić information content (AvgIpc) is 0.759. The molecule has 9 rings (SSSR count). The van der Waals surface area contributed by atoms with Crippen LogP contribution in [0.3, 0.4) is 0 Å². The maximum atomic E-state index is 13.2. The van der Waals surface area contributed by atoms with Gasteiger partial charge in [0.05, 0.1) is 71.1 Å². The average molecular weight is 1830 g/mol. The van der Waals surface area contributed by atoms with Crippen LogP contribution in [0.5, 0.6) is 0 Å². The van der Waals surface area contributed by atoms with Crippen LogP contribution < -0.4 is 16.0 Å². The second kappa shape index (κ2) is 44.3. The first kappa shape index (κ1) is 103. The van der Waals surface area contributed by atoms with E-state index in [-0.39, 0.29) is 0 Å². The molecule has 0 aromatic heterocycles. The highest BCUT2D eigenvalue weighted by Gasteiger charge is 2.62. The Bertz CT molecular complexity index is 3450. The van der Waals surface area contributed by atoms with E-state index < -0.39 is 388 Å². The zero-order chi connectivity index (χ0) is 91.3. The van der Waals surface area contributed by atoms with Crippen molar-refractivity contribution in [3.63, 3.8) is 0 Å². The summed E-state index contributed by atoms with van der Waals surface area (Å²) in [5.41, 5.74) is 0. The number of nitrogens with one attached hydrogen (secondary N) is 3. The molecule has 0 radical (unpaired) electrons. The van der Waals surface area contributed by atoms with Crippen LogP contribution in [0.25, 0.3) is 0 Å². The van der Waals surface area contributed by atoms with Crippen molar-refractivity contribution in [2.75, 3.05) is 52.9 Å². The summed E-state index contributed by atoms with van der Waals surface area (Å²) >= 11 is 0. The van der Waals surface area contributed by atoms with Crippen LogP contribution in [-0.2, 0) is 119 Å². The van der Waals surface area contributed by atoms with Crippen molar-refractivity contribution in [2.24, 2.45) is 0 Å². The maximum Gasteiger partial charge on any atom is 0.397 e. The molecule has 49 atom stereocenters. The molecule has 9 aliphatic heterocycles. The summed E-state index contributed by atoms with van der Waals surface area (Å²) in [6, 6.07) is -5.99. The lowest BCUT2D eigenvalue weighted by Crippen LogP contribution is -2.71. The third-order valence-electron chi connectivity index (χ3n) is 21.8. The number of carboxylic acid groups (broad SMARTS) is 1. The fraction of sp³-hybridized carbons (Fsp3) is 0.939. The molecule has 0 spiro atoms. The third kappa shape index (κ3) is 23.7. The van der Waals surface area contributed by atoms with Gasteiger partial charge in [-0.3, -0.25) is 18.9 Å². The summed E-state index contributed by atoms with van der Waals surface area (Å²) in [5.74, 6) is -5.03. The molecule has 9 saturated heterocycles. The molecule has 9 aliphatic rings. The van der Waals surface area contributed by atoms with Crippen LogP contribution in [0.2, 0.25) is 0 Å². The first-order valence-corrected chi connectivity index (χ1v) is 39.8. The molecule has 0 bridgehead atoms. The monoisotopic (exact) mass is 1830 g/mol. The molecular weight excluding hydrogens is 1710 g/mol. The first-order valence-electron chi connectivity index (χ1n) is 38.4. The van der Waals surface area contributed by atoms with Crippen molar-refractivity contribution in [2.45, 2.75) is 335 Å². The van der Waals surface area contributed by atoms with Gasteiger partial charge in [0.1, 0.15) is 220 Å². The Hall–Kier alpha value is -4.01. The quantitative estimate of drug-likeness (QED) is 0.0262. The Morgan fingerprint density at radius 1 is 0.366 bits per heavy atom. The molecular formula is C66H111N3O53S. The van der Waals surface area contributed by atoms with Gasteiger partial charge in [0.15, 0.2) is 62.7 Å². The topological polar surface area (TPSA) is 880 Å². The summed E-state index contributed by atoms with van der Waals surface area (Å²) in [4.78, 5) is 51.3. The zero-order valence-corrected chi connectivity index (χ0v) is 66.4. The molecule has 56 nitrogen and oxygen atoms in total. The molecule has 0 aromatic carbocycles. The first-order chi connectivity index (χ1) is 57.8. The van der Waals surface area contributed by atoms with Gasteiger partial charge in [0, 0.05) is 20.8 Å². The van der Waals surface area contributed by atoms with E-state index in [0.29, 0.717) is 0 Å². The summed E-state index contributed by atoms with van der Waals surface area (Å²) in [6.45, 7) is -5.47. The van der Waals surface area contributed by atoms with Crippen molar-refractivity contribution in [3.05, 3.63) is 0 Å². The van der Waals surface area contributed by atoms with Crippen LogP contribution in [0, 0.1) is 0 Å². The number of hydrogen-bond acceptors (Lipinski definition) is 51. The summed E-state index contributed by atoms with van der Waals surface area (Å²) in [7, 11) is -5.41. The predicted molar refractivity (Wildman–Crippen MR) is 375 cm³/mol. The fourth-order valence-electron chi connectivity index (χ4n) is 15.1. The van der Waals surface area contributed by atoms with Gasteiger partial charge in [-0.1, -0.05) is 0 Å². The number of aliphatic hydroxyl groups excluding tert-OH is 26. The van der Waals surface area contributed by atoms with Crippen LogP contribution >= 0.6 is 0 Å². The Labute approximate surface area is 695 Å². The van der Waals surface area contributed by atoms with Crippen molar-refractivity contribution < 1.29 is 259 Å². The number of carboxylic acids is 1. The second-order valence-corrected chi connectivity index (χ2v) is 31.6. The van der Waals surface area contributed by atoms with Gasteiger partial charge in [-0.25, -0.2) is 8.98 Å². The van der Waals surface area contributed by atoms with Crippen molar-refractivity contribution in [1.29, 1.82) is 0 Å². The molecule has 123 heavy (non-hydrogen) atoms. The molecule has 9 fully saturated rings. The van der Waals surface area contributed by atoms with E-state index >= 15 is 0 Å². The van der Waals surface area contributed by atoms with Gasteiger partial charge >= 0.3 is 16.4 Å². The number of amides is 3. The maximum absolute atomic E-state index is 13.2. The van der Waals surface area contributed by atoms with E-state index in [1.165, 1.54) is 6.92 Å². The summed E-state index contributed by atoms with van der Waals surface area (Å²) in [6.07, 6.45) is -104. The van der Waals surface area contributed by atoms with Gasteiger partial charge in [0.2, 0.25) is 17.7 Å². The Morgan fingerprint density at radius 3 is 1.21 bits per heavy atom. The minimum absolute atomic E-state index is 0.837. The van der Waals surface area contributed by atoms with Gasteiger partial charge in [-0.2, -0.15) is 8.42 Å². The van der Waals surface area contributed by atoms with E-state index in [0.717, 1.165) is 27.7 Å². The molecule has 714 valence electrons. The number of aliphatic hydroxyl groups is 26. The summed E-state index contributed by atoms with van der Waals surface area (Å²) in [5, 5.41) is 309. The molecule has 0 aliphatic carbocycles. The zero-order valence-electron chi connectivity index (χ0n) is 65.6. The van der Waals surface area contributed by atoms with Crippen molar-refractivity contribution in [1.82, 2.24) is 16.0 Å². The highest BCUT2D eigenvalue weighted by atomic mass is 32.3. The van der Waals surface area contributed by atoms with Crippen molar-refractivity contribution >= 4 is 34.1 Å². The largest absolute Gasteiger partial charge is 0.479 e. The summed E-state index contributed by atoms with van der Waals surface area (Å²) < 4.78 is 145. The number of aliphatic carboxylic acids is 1. The molecule has 9 heterocycles. The molecule has 31 N–H and O–H groups in total. The molecule has 0 aromatic rings. The molecule has 0 unspecified atom stereocenters. The lowest BCUT2D eigenvalue weighted by molar-refractivity contribution is -0.418. The molecule has 57 heteroatoms. The number of hydrogen-bond donors (Lipinski definition) is 31. The smallest absolute Gasteiger partial charge is 0.397 e. The van der Waals surface area contributed by atoms with E-state index in [2.05, 4.69) is 20.1 Å². The minimum Gasteiger partial charge on any atom is -0.479 e. The number of rotatable bonds is 35. The third-order valence-corrected chi connectivity index (χ3v) is 22.2. The normalized spacial score (nSPS) is 46.8. The Balaban J connectivity index is 1.12. The minimum atomic E-state index is -5.41. The van der Waals surface area contributed by atoms with Gasteiger partial charge in [-0.15, -0.1) is 0 Å². The van der Waals surface area contributed by atoms with Crippen molar-refractivity contribution in [3.8, 4) is 0 Å². The van der Waals surface area contributed by atoms with Crippen LogP contribution in [0.1, 0.15) is 34.6 Å². The van der Waals surface area contributed by atoms with E-state index in [1.54, 1.807) is 0 Å². The predicted octanol–water partition coefficient (Wildman–Crippen LogP) is -20.8. The molecule has 3 amide bonds. The Kier molecular flexibility index (Phi) is 37.0. The fourth-order valence-corrected chi connectivity index (χ4v) is 15.5. The lowest BCUT2D eigenvalue weighted by atomic mass is 9.94. The SMILES string of the molecule is CC(=O)N[C@H]1[C@@H](O[C@@H]2[C@H](O)[C@@H](O)[C@H](O[C@@H]3[C@H](O[C@@H]4O[C@H](CO)[C@H](O)[C@H](O[C@@H]5O[C@H](C(=O)O)[C@@H](O)[C@H](O)[C@H]5O)[C@H]4O)[C@@H](O[C@@H]4O[C@@H](C)[C@@H](O)[C@@H](O)[C@@H]4O)[C@H](O[C@@H]([C@@H](O)[C@H](O)CO[C@@H]4O[C@H](COS(=O)(=O)O)[C@@H](O)[C@H](O[C@@H]5O[C@@H](C)[C@@H](O)[C@@H](O)[C@@H]5O)[C@H]4NC(C)=O)[C@H](CO)NC(C)=O)O[C@@H]3CO)O[C@@H]2CO)O[C@H](CO)[C@H](O)[C@@H]1O[C@@H]1O[C@H](CO)[C@H](O)[C@H](O)[C@H]1O. The Morgan fingerprint density at radius 2 is 0.732 bits per heavy atom.